The van der Waals surface area contributed by atoms with Gasteiger partial charge in [0.1, 0.15) is 5.82 Å². The summed E-state index contributed by atoms with van der Waals surface area (Å²) in [6.45, 7) is 4.47. The monoisotopic (exact) mass is 373 g/mol. The van der Waals surface area contributed by atoms with Crippen LogP contribution in [0.2, 0.25) is 0 Å². The number of aromatic nitrogens is 3. The van der Waals surface area contributed by atoms with Crippen LogP contribution in [0.3, 0.4) is 0 Å². The fourth-order valence-corrected chi connectivity index (χ4v) is 2.60. The molecule has 0 aliphatic rings. The smallest absolute Gasteiger partial charge is 0.265 e. The van der Waals surface area contributed by atoms with Crippen molar-refractivity contribution in [3.8, 4) is 0 Å². The average molecular weight is 373 g/mol. The molecule has 0 bridgehead atoms. The second-order valence-corrected chi connectivity index (χ2v) is 6.03. The van der Waals surface area contributed by atoms with E-state index in [-0.39, 0.29) is 5.82 Å². The molecule has 2 aromatic heterocycles. The molecule has 27 heavy (non-hydrogen) atoms. The number of hydrogen-bond donors (Lipinski definition) is 1. The van der Waals surface area contributed by atoms with Gasteiger partial charge in [0.25, 0.3) is 0 Å². The maximum Gasteiger partial charge on any atom is 0.417 e. The quantitative estimate of drug-likeness (QED) is 0.532. The van der Waals surface area contributed by atoms with Crippen molar-refractivity contribution >= 4 is 12.0 Å². The van der Waals surface area contributed by atoms with E-state index >= 15 is 0 Å². The van der Waals surface area contributed by atoms with Gasteiger partial charge in [0.15, 0.2) is 0 Å². The highest BCUT2D eigenvalue weighted by atomic mass is 19.4. The van der Waals surface area contributed by atoms with Gasteiger partial charge >= 0.3 is 6.18 Å². The summed E-state index contributed by atoms with van der Waals surface area (Å²) in [5.41, 5.74) is 5.59. The van der Waals surface area contributed by atoms with Crippen molar-refractivity contribution in [1.82, 2.24) is 14.8 Å². The Morgan fingerprint density at radius 1 is 1.11 bits per heavy atom. The molecule has 1 aromatic carbocycles. The Morgan fingerprint density at radius 2 is 1.85 bits per heavy atom. The lowest BCUT2D eigenvalue weighted by Crippen LogP contribution is -2.06. The van der Waals surface area contributed by atoms with Crippen molar-refractivity contribution in [3.63, 3.8) is 0 Å². The molecular weight excluding hydrogens is 355 g/mol. The lowest BCUT2D eigenvalue weighted by molar-refractivity contribution is -0.137. The number of nitrogens with zero attached hydrogens (tertiary/aromatic N) is 4. The topological polar surface area (TPSA) is 55.1 Å². The summed E-state index contributed by atoms with van der Waals surface area (Å²) in [6, 6.07) is 12.2. The van der Waals surface area contributed by atoms with E-state index in [4.69, 9.17) is 0 Å². The summed E-state index contributed by atoms with van der Waals surface area (Å²) in [7, 11) is 0. The van der Waals surface area contributed by atoms with Crippen LogP contribution in [0, 0.1) is 13.8 Å². The third-order valence-electron chi connectivity index (χ3n) is 4.08. The highest BCUT2D eigenvalue weighted by Gasteiger charge is 2.30. The molecule has 0 aliphatic heterocycles. The summed E-state index contributed by atoms with van der Waals surface area (Å²) < 4.78 is 39.5. The first-order valence-electron chi connectivity index (χ1n) is 8.25. The van der Waals surface area contributed by atoms with Crippen LogP contribution >= 0.6 is 0 Å². The summed E-state index contributed by atoms with van der Waals surface area (Å²) in [5, 5.41) is 8.60. The van der Waals surface area contributed by atoms with E-state index < -0.39 is 11.7 Å². The molecule has 0 atom stereocenters. The first kappa shape index (κ1) is 18.6. The first-order valence-corrected chi connectivity index (χ1v) is 8.25. The van der Waals surface area contributed by atoms with Crippen molar-refractivity contribution in [3.05, 3.63) is 76.7 Å². The number of alkyl halides is 3. The molecule has 0 amide bonds. The molecule has 140 valence electrons. The fraction of sp³-hybridized carbons (Fsp3) is 0.211. The Hall–Kier alpha value is -3.16. The number of anilines is 1. The van der Waals surface area contributed by atoms with Crippen LogP contribution < -0.4 is 5.43 Å². The molecule has 0 unspecified atom stereocenters. The minimum atomic E-state index is -4.41. The summed E-state index contributed by atoms with van der Waals surface area (Å²) in [5.74, 6) is 0.228. The Morgan fingerprint density at radius 3 is 2.48 bits per heavy atom. The highest BCUT2D eigenvalue weighted by Crippen LogP contribution is 2.28. The van der Waals surface area contributed by atoms with Gasteiger partial charge in [-0.25, -0.2) is 4.98 Å². The van der Waals surface area contributed by atoms with Crippen LogP contribution in [-0.4, -0.2) is 21.0 Å². The molecule has 3 aromatic rings. The fourth-order valence-electron chi connectivity index (χ4n) is 2.60. The van der Waals surface area contributed by atoms with Gasteiger partial charge in [-0.1, -0.05) is 30.3 Å². The highest BCUT2D eigenvalue weighted by molar-refractivity contribution is 5.83. The van der Waals surface area contributed by atoms with E-state index in [1.54, 1.807) is 6.21 Å². The Kier molecular flexibility index (Phi) is 5.25. The van der Waals surface area contributed by atoms with E-state index in [0.717, 1.165) is 34.8 Å². The molecule has 0 fully saturated rings. The van der Waals surface area contributed by atoms with Crippen LogP contribution in [-0.2, 0) is 12.7 Å². The van der Waals surface area contributed by atoms with Gasteiger partial charge in [0.2, 0.25) is 0 Å². The van der Waals surface area contributed by atoms with Crippen LogP contribution in [0.25, 0.3) is 0 Å². The number of hydrogen-bond acceptors (Lipinski definition) is 4. The summed E-state index contributed by atoms with van der Waals surface area (Å²) in [4.78, 5) is 3.72. The number of hydrazone groups is 1. The van der Waals surface area contributed by atoms with Crippen molar-refractivity contribution in [2.75, 3.05) is 5.43 Å². The van der Waals surface area contributed by atoms with Crippen molar-refractivity contribution in [2.24, 2.45) is 5.10 Å². The van der Waals surface area contributed by atoms with Gasteiger partial charge in [-0.2, -0.15) is 23.4 Å². The Labute approximate surface area is 154 Å². The van der Waals surface area contributed by atoms with Crippen molar-refractivity contribution in [1.29, 1.82) is 0 Å². The van der Waals surface area contributed by atoms with Crippen LogP contribution in [0.5, 0.6) is 0 Å². The largest absolute Gasteiger partial charge is 0.417 e. The van der Waals surface area contributed by atoms with Crippen LogP contribution in [0.4, 0.5) is 19.0 Å². The molecule has 3 rings (SSSR count). The Bertz CT molecular complexity index is 928. The first-order chi connectivity index (χ1) is 12.8. The average Bonchev–Trinajstić information content (AvgIpc) is 2.89. The van der Waals surface area contributed by atoms with E-state index in [1.165, 1.54) is 6.07 Å². The molecule has 0 spiro atoms. The van der Waals surface area contributed by atoms with E-state index in [9.17, 15) is 13.2 Å². The van der Waals surface area contributed by atoms with Gasteiger partial charge < -0.3 is 0 Å². The maximum absolute atomic E-state index is 12.5. The lowest BCUT2D eigenvalue weighted by atomic mass is 10.2. The van der Waals surface area contributed by atoms with Gasteiger partial charge in [0, 0.05) is 17.5 Å². The molecule has 0 radical (unpaired) electrons. The van der Waals surface area contributed by atoms with Gasteiger partial charge in [-0.3, -0.25) is 10.1 Å². The zero-order valence-corrected chi connectivity index (χ0v) is 14.8. The minimum Gasteiger partial charge on any atom is -0.265 e. The minimum absolute atomic E-state index is 0.228. The molecular formula is C19H18F3N5. The molecule has 8 heteroatoms. The lowest BCUT2D eigenvalue weighted by Gasteiger charge is -2.06. The SMILES string of the molecule is Cc1nn(Cc2ccccc2)c(C)c1/C=N\Nc1ccc(C(F)(F)F)cn1. The number of aryl methyl sites for hydroxylation is 1. The van der Waals surface area contributed by atoms with Crippen molar-refractivity contribution in [2.45, 2.75) is 26.6 Å². The van der Waals surface area contributed by atoms with Crippen LogP contribution in [0.15, 0.2) is 53.8 Å². The van der Waals surface area contributed by atoms with Gasteiger partial charge in [0.05, 0.1) is 24.0 Å². The summed E-state index contributed by atoms with van der Waals surface area (Å²) >= 11 is 0. The number of rotatable bonds is 5. The maximum atomic E-state index is 12.5. The normalized spacial score (nSPS) is 11.9. The third kappa shape index (κ3) is 4.52. The predicted octanol–water partition coefficient (Wildman–Crippen LogP) is 4.41. The zero-order valence-electron chi connectivity index (χ0n) is 14.8. The predicted molar refractivity (Wildman–Crippen MR) is 97.7 cm³/mol. The Balaban J connectivity index is 1.70. The molecule has 0 aliphatic carbocycles. The standard InChI is InChI=1S/C19H18F3N5/c1-13-17(14(2)27(26-13)12-15-6-4-3-5-7-15)11-24-25-18-9-8-16(10-23-18)19(20,21)22/h3-11H,12H2,1-2H3,(H,23,25)/b24-11-. The molecule has 0 saturated carbocycles. The molecule has 1 N–H and O–H groups in total. The molecule has 0 saturated heterocycles. The van der Waals surface area contributed by atoms with Crippen LogP contribution in [0.1, 0.15) is 28.1 Å². The molecule has 5 nitrogen and oxygen atoms in total. The number of pyridine rings is 1. The number of nitrogens with one attached hydrogen (secondary N) is 1. The van der Waals surface area contributed by atoms with Gasteiger partial charge in [-0.05, 0) is 31.5 Å². The zero-order chi connectivity index (χ0) is 19.4. The third-order valence-corrected chi connectivity index (χ3v) is 4.08. The number of benzene rings is 1. The second kappa shape index (κ2) is 7.61. The van der Waals surface area contributed by atoms with Crippen molar-refractivity contribution < 1.29 is 13.2 Å². The van der Waals surface area contributed by atoms with E-state index in [1.807, 2.05) is 48.9 Å². The summed E-state index contributed by atoms with van der Waals surface area (Å²) in [6.07, 6.45) is -2.04. The van der Waals surface area contributed by atoms with E-state index in [2.05, 4.69) is 20.6 Å². The van der Waals surface area contributed by atoms with Gasteiger partial charge in [-0.15, -0.1) is 0 Å². The number of halogens is 3. The van der Waals surface area contributed by atoms with E-state index in [0.29, 0.717) is 6.54 Å². The second-order valence-electron chi connectivity index (χ2n) is 6.03. The molecule has 2 heterocycles.